The van der Waals surface area contributed by atoms with E-state index in [1.807, 2.05) is 64.9 Å². The zero-order chi connectivity index (χ0) is 25.5. The first-order chi connectivity index (χ1) is 18.2. The zero-order valence-corrected chi connectivity index (χ0v) is 21.3. The molecule has 0 spiro atoms. The van der Waals surface area contributed by atoms with Crippen molar-refractivity contribution in [1.29, 1.82) is 0 Å². The number of benzene rings is 3. The minimum absolute atomic E-state index is 0.0741. The van der Waals surface area contributed by atoms with Crippen molar-refractivity contribution < 1.29 is 13.9 Å². The monoisotopic (exact) mass is 516 g/mol. The number of rotatable bonds is 9. The van der Waals surface area contributed by atoms with Crippen molar-refractivity contribution in [1.82, 2.24) is 15.2 Å². The maximum atomic E-state index is 13.4. The summed E-state index contributed by atoms with van der Waals surface area (Å²) in [6.45, 7) is 4.87. The van der Waals surface area contributed by atoms with Crippen LogP contribution in [0.5, 0.6) is 5.75 Å². The molecule has 6 nitrogen and oxygen atoms in total. The number of nitrogens with one attached hydrogen (secondary N) is 1. The fourth-order valence-corrected chi connectivity index (χ4v) is 5.08. The number of aromatic nitrogens is 1. The Hall–Kier alpha value is -3.75. The van der Waals surface area contributed by atoms with Crippen LogP contribution in [0.2, 0.25) is 0 Å². The van der Waals surface area contributed by atoms with Crippen molar-refractivity contribution in [2.24, 2.45) is 0 Å². The van der Waals surface area contributed by atoms with E-state index in [2.05, 4.69) is 10.2 Å². The van der Waals surface area contributed by atoms with Crippen LogP contribution in [0.1, 0.15) is 15.9 Å². The van der Waals surface area contributed by atoms with Crippen LogP contribution in [0.3, 0.4) is 0 Å². The van der Waals surface area contributed by atoms with E-state index in [4.69, 9.17) is 9.72 Å². The molecule has 1 fully saturated rings. The normalized spacial score (nSPS) is 13.4. The summed E-state index contributed by atoms with van der Waals surface area (Å²) in [5, 5.41) is 6.13. The number of para-hydroxylation sites is 1. The first-order valence-electron chi connectivity index (χ1n) is 12.4. The lowest BCUT2D eigenvalue weighted by Crippen LogP contribution is -2.46. The summed E-state index contributed by atoms with van der Waals surface area (Å²) in [4.78, 5) is 21.7. The molecule has 1 N–H and O–H groups in total. The molecule has 0 atom stereocenters. The SMILES string of the molecule is O=C(c1ccc(CN(CCOc2ccccc2)c2nc(-c3ccc(F)cc3)cs2)cc1)N1CCNCC1. The molecule has 1 amide bonds. The van der Waals surface area contributed by atoms with Crippen LogP contribution in [0.4, 0.5) is 9.52 Å². The molecule has 0 bridgehead atoms. The van der Waals surface area contributed by atoms with Crippen molar-refractivity contribution in [2.45, 2.75) is 6.54 Å². The quantitative estimate of drug-likeness (QED) is 0.336. The number of piperazine rings is 1. The van der Waals surface area contributed by atoms with E-state index in [1.54, 1.807) is 23.5 Å². The van der Waals surface area contributed by atoms with Crippen LogP contribution in [-0.2, 0) is 6.54 Å². The predicted octanol–water partition coefficient (Wildman–Crippen LogP) is 5.08. The average Bonchev–Trinajstić information content (AvgIpc) is 3.44. The molecule has 5 rings (SSSR count). The second-order valence-corrected chi connectivity index (χ2v) is 9.68. The Morgan fingerprint density at radius 2 is 1.73 bits per heavy atom. The number of ether oxygens (including phenoxy) is 1. The van der Waals surface area contributed by atoms with Gasteiger partial charge in [0.15, 0.2) is 5.13 Å². The summed E-state index contributed by atoms with van der Waals surface area (Å²) in [5.74, 6) is 0.632. The largest absolute Gasteiger partial charge is 0.492 e. The van der Waals surface area contributed by atoms with Crippen LogP contribution in [0.15, 0.2) is 84.2 Å². The summed E-state index contributed by atoms with van der Waals surface area (Å²) in [5.41, 5.74) is 3.47. The fourth-order valence-electron chi connectivity index (χ4n) is 4.22. The molecule has 8 heteroatoms. The number of hydrogen-bond acceptors (Lipinski definition) is 6. The number of thiazole rings is 1. The molecular weight excluding hydrogens is 487 g/mol. The molecule has 3 aromatic carbocycles. The van der Waals surface area contributed by atoms with E-state index >= 15 is 0 Å². The van der Waals surface area contributed by atoms with Crippen molar-refractivity contribution in [3.63, 3.8) is 0 Å². The van der Waals surface area contributed by atoms with Gasteiger partial charge in [0, 0.05) is 49.2 Å². The van der Waals surface area contributed by atoms with E-state index in [9.17, 15) is 9.18 Å². The summed E-state index contributed by atoms with van der Waals surface area (Å²) in [6, 6.07) is 23.9. The third kappa shape index (κ3) is 6.53. The van der Waals surface area contributed by atoms with Crippen LogP contribution in [0, 0.1) is 5.82 Å². The highest BCUT2D eigenvalue weighted by molar-refractivity contribution is 7.14. The Morgan fingerprint density at radius 1 is 1.00 bits per heavy atom. The molecule has 0 aliphatic carbocycles. The van der Waals surface area contributed by atoms with Gasteiger partial charge in [0.25, 0.3) is 5.91 Å². The van der Waals surface area contributed by atoms with Gasteiger partial charge in [-0.25, -0.2) is 9.37 Å². The highest BCUT2D eigenvalue weighted by Crippen LogP contribution is 2.29. The predicted molar refractivity (Wildman–Crippen MR) is 146 cm³/mol. The first kappa shape index (κ1) is 24.9. The smallest absolute Gasteiger partial charge is 0.253 e. The number of anilines is 1. The molecule has 1 aliphatic heterocycles. The number of nitrogens with zero attached hydrogens (tertiary/aromatic N) is 3. The maximum absolute atomic E-state index is 13.4. The lowest BCUT2D eigenvalue weighted by molar-refractivity contribution is 0.0736. The number of carbonyl (C=O) groups is 1. The number of halogens is 1. The first-order valence-corrected chi connectivity index (χ1v) is 13.3. The third-order valence-corrected chi connectivity index (χ3v) is 7.16. The van der Waals surface area contributed by atoms with Crippen LogP contribution in [-0.4, -0.2) is 55.1 Å². The topological polar surface area (TPSA) is 57.7 Å². The molecule has 0 saturated carbocycles. The van der Waals surface area contributed by atoms with Gasteiger partial charge in [0.2, 0.25) is 0 Å². The third-order valence-electron chi connectivity index (χ3n) is 6.25. The lowest BCUT2D eigenvalue weighted by atomic mass is 10.1. The van der Waals surface area contributed by atoms with Crippen molar-refractivity contribution in [3.05, 3.63) is 101 Å². The molecular formula is C29H29FN4O2S. The average molecular weight is 517 g/mol. The van der Waals surface area contributed by atoms with Gasteiger partial charge in [0.1, 0.15) is 18.2 Å². The van der Waals surface area contributed by atoms with E-state index in [1.165, 1.54) is 12.1 Å². The Labute approximate surface area is 220 Å². The minimum Gasteiger partial charge on any atom is -0.492 e. The molecule has 0 unspecified atom stereocenters. The summed E-state index contributed by atoms with van der Waals surface area (Å²) in [6.07, 6.45) is 0. The van der Waals surface area contributed by atoms with Gasteiger partial charge in [0.05, 0.1) is 12.2 Å². The second-order valence-electron chi connectivity index (χ2n) is 8.84. The summed E-state index contributed by atoms with van der Waals surface area (Å²) in [7, 11) is 0. The molecule has 190 valence electrons. The molecule has 4 aromatic rings. The van der Waals surface area contributed by atoms with E-state index in [-0.39, 0.29) is 11.7 Å². The van der Waals surface area contributed by atoms with Gasteiger partial charge in [-0.15, -0.1) is 11.3 Å². The van der Waals surface area contributed by atoms with Crippen LogP contribution < -0.4 is 15.0 Å². The van der Waals surface area contributed by atoms with Gasteiger partial charge in [-0.1, -0.05) is 30.3 Å². The highest BCUT2D eigenvalue weighted by atomic mass is 32.1. The molecule has 2 heterocycles. The number of carbonyl (C=O) groups excluding carboxylic acids is 1. The highest BCUT2D eigenvalue weighted by Gasteiger charge is 2.18. The minimum atomic E-state index is -0.266. The Kier molecular flexibility index (Phi) is 8.08. The molecule has 0 radical (unpaired) electrons. The van der Waals surface area contributed by atoms with E-state index < -0.39 is 0 Å². The Morgan fingerprint density at radius 3 is 2.46 bits per heavy atom. The Balaban J connectivity index is 1.30. The molecule has 1 saturated heterocycles. The van der Waals surface area contributed by atoms with Gasteiger partial charge in [-0.05, 0) is 54.1 Å². The zero-order valence-electron chi connectivity index (χ0n) is 20.5. The van der Waals surface area contributed by atoms with Crippen LogP contribution in [0.25, 0.3) is 11.3 Å². The number of hydrogen-bond donors (Lipinski definition) is 1. The van der Waals surface area contributed by atoms with Gasteiger partial charge in [-0.2, -0.15) is 0 Å². The van der Waals surface area contributed by atoms with Crippen molar-refractivity contribution >= 4 is 22.4 Å². The standard InChI is InChI=1S/C29H29FN4O2S/c30-25-12-10-23(11-13-25)27-21-37-29(32-27)34(18-19-36-26-4-2-1-3-5-26)20-22-6-8-24(9-7-22)28(35)33-16-14-31-15-17-33/h1-13,21,31H,14-20H2. The van der Waals surface area contributed by atoms with E-state index in [0.29, 0.717) is 25.3 Å². The number of amides is 1. The van der Waals surface area contributed by atoms with Crippen molar-refractivity contribution in [3.8, 4) is 17.0 Å². The second kappa shape index (κ2) is 12.0. The van der Waals surface area contributed by atoms with Crippen molar-refractivity contribution in [2.75, 3.05) is 44.2 Å². The lowest BCUT2D eigenvalue weighted by Gasteiger charge is -2.27. The molecule has 1 aliphatic rings. The molecule has 37 heavy (non-hydrogen) atoms. The van der Waals surface area contributed by atoms with Gasteiger partial charge < -0.3 is 19.9 Å². The van der Waals surface area contributed by atoms with Gasteiger partial charge in [-0.3, -0.25) is 4.79 Å². The summed E-state index contributed by atoms with van der Waals surface area (Å²) >= 11 is 1.55. The maximum Gasteiger partial charge on any atom is 0.253 e. The fraction of sp³-hybridized carbons (Fsp3) is 0.241. The molecule has 1 aromatic heterocycles. The summed E-state index contributed by atoms with van der Waals surface area (Å²) < 4.78 is 19.3. The van der Waals surface area contributed by atoms with Gasteiger partial charge >= 0.3 is 0 Å². The van der Waals surface area contributed by atoms with E-state index in [0.717, 1.165) is 53.9 Å². The Bertz CT molecular complexity index is 1290. The van der Waals surface area contributed by atoms with Crippen LogP contribution >= 0.6 is 11.3 Å².